The number of nitrogens with zero attached hydrogens (tertiary/aromatic N) is 2. The molecular weight excluding hydrogens is 334 g/mol. The van der Waals surface area contributed by atoms with Gasteiger partial charge in [0, 0.05) is 25.3 Å². The van der Waals surface area contributed by atoms with Crippen LogP contribution in [-0.2, 0) is 9.47 Å². The molecule has 7 nitrogen and oxygen atoms in total. The smallest absolute Gasteiger partial charge is 0.410 e. The second-order valence-electron chi connectivity index (χ2n) is 7.46. The van der Waals surface area contributed by atoms with Crippen LogP contribution >= 0.6 is 0 Å². The van der Waals surface area contributed by atoms with Crippen molar-refractivity contribution in [1.82, 2.24) is 9.80 Å². The van der Waals surface area contributed by atoms with Crippen LogP contribution < -0.4 is 5.73 Å². The van der Waals surface area contributed by atoms with E-state index in [1.807, 2.05) is 45.0 Å². The van der Waals surface area contributed by atoms with Crippen LogP contribution in [0, 0.1) is 0 Å². The predicted molar refractivity (Wildman–Crippen MR) is 99.7 cm³/mol. The van der Waals surface area contributed by atoms with E-state index in [9.17, 15) is 9.59 Å². The highest BCUT2D eigenvalue weighted by Gasteiger charge is 2.30. The largest absolute Gasteiger partial charge is 0.453 e. The van der Waals surface area contributed by atoms with Crippen LogP contribution in [0.15, 0.2) is 24.3 Å². The summed E-state index contributed by atoms with van der Waals surface area (Å²) in [4.78, 5) is 28.0. The molecule has 1 aliphatic rings. The molecule has 1 atom stereocenters. The maximum Gasteiger partial charge on any atom is 0.410 e. The lowest BCUT2D eigenvalue weighted by molar-refractivity contribution is 0.0177. The van der Waals surface area contributed by atoms with E-state index < -0.39 is 11.7 Å². The lowest BCUT2D eigenvalue weighted by Gasteiger charge is -2.36. The van der Waals surface area contributed by atoms with Gasteiger partial charge in [-0.3, -0.25) is 4.90 Å². The van der Waals surface area contributed by atoms with E-state index in [4.69, 9.17) is 15.2 Å². The molecule has 2 N–H and O–H groups in total. The number of anilines is 1. The quantitative estimate of drug-likeness (QED) is 0.773. The van der Waals surface area contributed by atoms with Gasteiger partial charge < -0.3 is 20.1 Å². The third kappa shape index (κ3) is 5.28. The first-order valence-electron chi connectivity index (χ1n) is 8.89. The van der Waals surface area contributed by atoms with Crippen LogP contribution in [0.1, 0.15) is 45.2 Å². The maximum absolute atomic E-state index is 12.4. The molecular formula is C19H29N3O4. The Bertz CT molecular complexity index is 625. The third-order valence-electron chi connectivity index (χ3n) is 4.27. The predicted octanol–water partition coefficient (Wildman–Crippen LogP) is 3.41. The zero-order valence-corrected chi connectivity index (χ0v) is 16.0. The molecule has 2 rings (SSSR count). The van der Waals surface area contributed by atoms with Gasteiger partial charge in [-0.05, 0) is 51.3 Å². The van der Waals surface area contributed by atoms with E-state index in [2.05, 4.69) is 0 Å². The van der Waals surface area contributed by atoms with Crippen molar-refractivity contribution in [1.29, 1.82) is 0 Å². The van der Waals surface area contributed by atoms with Gasteiger partial charge in [0.05, 0.1) is 13.2 Å². The molecule has 1 unspecified atom stereocenters. The van der Waals surface area contributed by atoms with Crippen molar-refractivity contribution in [2.75, 3.05) is 32.5 Å². The monoisotopic (exact) mass is 363 g/mol. The molecule has 1 fully saturated rings. The van der Waals surface area contributed by atoms with Crippen LogP contribution in [0.4, 0.5) is 15.3 Å². The number of amides is 2. The second-order valence-corrected chi connectivity index (χ2v) is 7.46. The van der Waals surface area contributed by atoms with Crippen LogP contribution in [0.25, 0.3) is 0 Å². The van der Waals surface area contributed by atoms with Crippen molar-refractivity contribution >= 4 is 17.9 Å². The topological polar surface area (TPSA) is 85.1 Å². The SMILES string of the molecule is COC(=O)N1CCN(C(=O)OC(C)(C)C)CCCC1c1ccc(N)cc1. The summed E-state index contributed by atoms with van der Waals surface area (Å²) in [7, 11) is 1.37. The van der Waals surface area contributed by atoms with Gasteiger partial charge in [-0.15, -0.1) is 0 Å². The molecule has 0 radical (unpaired) electrons. The first-order chi connectivity index (χ1) is 12.2. The molecule has 0 spiro atoms. The van der Waals surface area contributed by atoms with E-state index in [1.54, 1.807) is 9.80 Å². The van der Waals surface area contributed by atoms with Gasteiger partial charge in [0.15, 0.2) is 0 Å². The Labute approximate surface area is 155 Å². The molecule has 1 aliphatic heterocycles. The molecule has 1 aromatic rings. The lowest BCUT2D eigenvalue weighted by atomic mass is 9.99. The average molecular weight is 363 g/mol. The third-order valence-corrected chi connectivity index (χ3v) is 4.27. The summed E-state index contributed by atoms with van der Waals surface area (Å²) >= 11 is 0. The molecule has 26 heavy (non-hydrogen) atoms. The zero-order valence-electron chi connectivity index (χ0n) is 16.0. The molecule has 1 aromatic carbocycles. The highest BCUT2D eigenvalue weighted by atomic mass is 16.6. The summed E-state index contributed by atoms with van der Waals surface area (Å²) < 4.78 is 10.4. The number of hydrogen-bond acceptors (Lipinski definition) is 5. The Balaban J connectivity index is 2.16. The fraction of sp³-hybridized carbons (Fsp3) is 0.579. The fourth-order valence-corrected chi connectivity index (χ4v) is 3.04. The maximum atomic E-state index is 12.4. The van der Waals surface area contributed by atoms with Gasteiger partial charge in [0.2, 0.25) is 0 Å². The number of ether oxygens (including phenoxy) is 2. The van der Waals surface area contributed by atoms with Crippen molar-refractivity contribution in [3.05, 3.63) is 29.8 Å². The molecule has 2 amide bonds. The van der Waals surface area contributed by atoms with Gasteiger partial charge in [0.25, 0.3) is 0 Å². The highest BCUT2D eigenvalue weighted by molar-refractivity contribution is 5.70. The Morgan fingerprint density at radius 1 is 1.08 bits per heavy atom. The molecule has 1 saturated heterocycles. The van der Waals surface area contributed by atoms with Crippen molar-refractivity contribution in [3.8, 4) is 0 Å². The summed E-state index contributed by atoms with van der Waals surface area (Å²) in [5.41, 5.74) is 6.91. The van der Waals surface area contributed by atoms with E-state index >= 15 is 0 Å². The van der Waals surface area contributed by atoms with Gasteiger partial charge in [-0.25, -0.2) is 9.59 Å². The van der Waals surface area contributed by atoms with Crippen molar-refractivity contribution in [2.24, 2.45) is 0 Å². The number of nitrogens with two attached hydrogens (primary N) is 1. The van der Waals surface area contributed by atoms with E-state index in [1.165, 1.54) is 7.11 Å². The number of rotatable bonds is 1. The van der Waals surface area contributed by atoms with Crippen molar-refractivity contribution < 1.29 is 19.1 Å². The minimum atomic E-state index is -0.548. The van der Waals surface area contributed by atoms with E-state index in [0.29, 0.717) is 25.3 Å². The number of hydrogen-bond donors (Lipinski definition) is 1. The summed E-state index contributed by atoms with van der Waals surface area (Å²) in [6, 6.07) is 7.42. The Kier molecular flexibility index (Phi) is 6.34. The Morgan fingerprint density at radius 2 is 1.73 bits per heavy atom. The Morgan fingerprint density at radius 3 is 2.31 bits per heavy atom. The van der Waals surface area contributed by atoms with Crippen molar-refractivity contribution in [2.45, 2.75) is 45.3 Å². The van der Waals surface area contributed by atoms with Crippen LogP contribution in [0.5, 0.6) is 0 Å². The van der Waals surface area contributed by atoms with Gasteiger partial charge in [-0.1, -0.05) is 12.1 Å². The molecule has 0 aromatic heterocycles. The number of benzene rings is 1. The highest BCUT2D eigenvalue weighted by Crippen LogP contribution is 2.29. The standard InChI is InChI=1S/C19H29N3O4/c1-19(2,3)26-17(23)21-11-5-6-16(14-7-9-15(20)10-8-14)22(13-12-21)18(24)25-4/h7-10,16H,5-6,11-13,20H2,1-4H3. The average Bonchev–Trinajstić information content (AvgIpc) is 2.54. The minimum Gasteiger partial charge on any atom is -0.453 e. The van der Waals surface area contributed by atoms with Crippen LogP contribution in [0.3, 0.4) is 0 Å². The van der Waals surface area contributed by atoms with Gasteiger partial charge in [0.1, 0.15) is 5.60 Å². The van der Waals surface area contributed by atoms with Gasteiger partial charge in [-0.2, -0.15) is 0 Å². The summed E-state index contributed by atoms with van der Waals surface area (Å²) in [5.74, 6) is 0. The molecule has 144 valence electrons. The second kappa shape index (κ2) is 8.29. The van der Waals surface area contributed by atoms with Crippen LogP contribution in [-0.4, -0.2) is 54.3 Å². The summed E-state index contributed by atoms with van der Waals surface area (Å²) in [6.45, 7) is 6.89. The zero-order chi connectivity index (χ0) is 19.3. The minimum absolute atomic E-state index is 0.108. The Hall–Kier alpha value is -2.44. The molecule has 0 aliphatic carbocycles. The number of methoxy groups -OCH3 is 1. The number of nitrogen functional groups attached to an aromatic ring is 1. The van der Waals surface area contributed by atoms with Gasteiger partial charge >= 0.3 is 12.2 Å². The van der Waals surface area contributed by atoms with Crippen LogP contribution in [0.2, 0.25) is 0 Å². The first kappa shape index (κ1) is 19.9. The van der Waals surface area contributed by atoms with E-state index in [-0.39, 0.29) is 12.1 Å². The normalized spacial score (nSPS) is 18.7. The summed E-state index contributed by atoms with van der Waals surface area (Å²) in [6.07, 6.45) is 0.714. The summed E-state index contributed by atoms with van der Waals surface area (Å²) in [5, 5.41) is 0. The van der Waals surface area contributed by atoms with Crippen molar-refractivity contribution in [3.63, 3.8) is 0 Å². The molecule has 7 heteroatoms. The molecule has 1 heterocycles. The number of carbonyl (C=O) groups is 2. The fourth-order valence-electron chi connectivity index (χ4n) is 3.04. The molecule has 0 bridgehead atoms. The molecule has 0 saturated carbocycles. The lowest BCUT2D eigenvalue weighted by Crippen LogP contribution is -2.46. The van der Waals surface area contributed by atoms with E-state index in [0.717, 1.165) is 18.4 Å². The number of carbonyl (C=O) groups excluding carboxylic acids is 2. The first-order valence-corrected chi connectivity index (χ1v) is 8.89.